The van der Waals surface area contributed by atoms with Crippen LogP contribution in [-0.4, -0.2) is 49.6 Å². The quantitative estimate of drug-likeness (QED) is 0.291. The molecule has 176 valence electrons. The van der Waals surface area contributed by atoms with Crippen molar-refractivity contribution in [2.45, 2.75) is 64.2 Å². The number of anilines is 1. The Morgan fingerprint density at radius 2 is 1.81 bits per heavy atom. The molecule has 1 aromatic heterocycles. The Kier molecular flexibility index (Phi) is 10.1. The van der Waals surface area contributed by atoms with Crippen LogP contribution in [0.3, 0.4) is 0 Å². The molecule has 0 amide bonds. The summed E-state index contributed by atoms with van der Waals surface area (Å²) in [6.45, 7) is 7.66. The van der Waals surface area contributed by atoms with Crippen molar-refractivity contribution in [3.8, 4) is 0 Å². The van der Waals surface area contributed by atoms with E-state index < -0.39 is 0 Å². The number of nitrogens with one attached hydrogen (secondary N) is 2. The highest BCUT2D eigenvalue weighted by molar-refractivity contribution is 14.0. The van der Waals surface area contributed by atoms with Crippen LogP contribution in [0.1, 0.15) is 50.2 Å². The minimum Gasteiger partial charge on any atom is -0.363 e. The van der Waals surface area contributed by atoms with Gasteiger partial charge in [-0.25, -0.2) is 0 Å². The number of hydrogen-bond acceptors (Lipinski definition) is 4. The second kappa shape index (κ2) is 12.8. The average Bonchev–Trinajstić information content (AvgIpc) is 3.34. The molecule has 0 spiro atoms. The zero-order valence-electron chi connectivity index (χ0n) is 19.4. The topological polar surface area (TPSA) is 42.9 Å². The third-order valence-corrected chi connectivity index (χ3v) is 7.68. The first-order valence-corrected chi connectivity index (χ1v) is 12.7. The molecular formula is C25H38IN5S. The van der Waals surface area contributed by atoms with Crippen LogP contribution in [-0.2, 0) is 13.1 Å². The van der Waals surface area contributed by atoms with Gasteiger partial charge in [-0.15, -0.1) is 35.3 Å². The molecule has 1 unspecified atom stereocenters. The Morgan fingerprint density at radius 1 is 1.03 bits per heavy atom. The fraction of sp³-hybridized carbons (Fsp3) is 0.560. The molecule has 3 heterocycles. The Bertz CT molecular complexity index is 833. The van der Waals surface area contributed by atoms with Crippen molar-refractivity contribution in [2.24, 2.45) is 4.99 Å². The van der Waals surface area contributed by atoms with Crippen LogP contribution in [0, 0.1) is 0 Å². The molecule has 2 N–H and O–H groups in total. The largest absolute Gasteiger partial charge is 0.363 e. The highest BCUT2D eigenvalue weighted by Gasteiger charge is 2.21. The number of halogens is 1. The number of piperidine rings is 2. The van der Waals surface area contributed by atoms with E-state index in [0.29, 0.717) is 12.1 Å². The Hall–Kier alpha value is -1.32. The lowest BCUT2D eigenvalue weighted by molar-refractivity contribution is 0.152. The van der Waals surface area contributed by atoms with Gasteiger partial charge in [-0.1, -0.05) is 30.7 Å². The Balaban J connectivity index is 0.00000289. The first-order valence-electron chi connectivity index (χ1n) is 11.8. The fourth-order valence-electron chi connectivity index (χ4n) is 4.76. The molecule has 5 nitrogen and oxygen atoms in total. The molecule has 2 aliphatic heterocycles. The summed E-state index contributed by atoms with van der Waals surface area (Å²) in [6, 6.07) is 14.4. The number of aliphatic imine (C=N–C) groups is 1. The molecule has 1 aromatic carbocycles. The predicted octanol–water partition coefficient (Wildman–Crippen LogP) is 5.07. The number of thiophene rings is 1. The van der Waals surface area contributed by atoms with E-state index >= 15 is 0 Å². The van der Waals surface area contributed by atoms with Crippen LogP contribution >= 0.6 is 35.3 Å². The molecule has 0 radical (unpaired) electrons. The minimum absolute atomic E-state index is 0. The van der Waals surface area contributed by atoms with Gasteiger partial charge in [-0.05, 0) is 67.8 Å². The molecule has 32 heavy (non-hydrogen) atoms. The Labute approximate surface area is 214 Å². The highest BCUT2D eigenvalue weighted by Crippen LogP contribution is 2.25. The van der Waals surface area contributed by atoms with E-state index in [4.69, 9.17) is 0 Å². The van der Waals surface area contributed by atoms with Crippen molar-refractivity contribution >= 4 is 46.3 Å². The lowest BCUT2D eigenvalue weighted by atomic mass is 10.0. The number of likely N-dealkylation sites (tertiary alicyclic amines) is 1. The normalized spacial score (nSPS) is 20.6. The maximum atomic E-state index is 4.50. The first kappa shape index (κ1) is 25.3. The number of rotatable bonds is 6. The van der Waals surface area contributed by atoms with Gasteiger partial charge in [-0.3, -0.25) is 9.89 Å². The second-order valence-electron chi connectivity index (χ2n) is 8.87. The first-order chi connectivity index (χ1) is 15.2. The van der Waals surface area contributed by atoms with E-state index in [1.165, 1.54) is 41.9 Å². The molecule has 2 fully saturated rings. The molecule has 0 aliphatic carbocycles. The molecule has 4 rings (SSSR count). The van der Waals surface area contributed by atoms with E-state index in [0.717, 1.165) is 45.0 Å². The molecule has 2 aliphatic rings. The zero-order valence-corrected chi connectivity index (χ0v) is 22.6. The summed E-state index contributed by atoms with van der Waals surface area (Å²) in [7, 11) is 1.87. The predicted molar refractivity (Wildman–Crippen MR) is 148 cm³/mol. The zero-order chi connectivity index (χ0) is 21.5. The van der Waals surface area contributed by atoms with Gasteiger partial charge in [-0.2, -0.15) is 0 Å². The summed E-state index contributed by atoms with van der Waals surface area (Å²) in [4.78, 5) is 9.63. The lowest BCUT2D eigenvalue weighted by Crippen LogP contribution is -2.48. The van der Waals surface area contributed by atoms with Crippen molar-refractivity contribution in [3.63, 3.8) is 0 Å². The van der Waals surface area contributed by atoms with Crippen molar-refractivity contribution in [2.75, 3.05) is 31.6 Å². The van der Waals surface area contributed by atoms with Gasteiger partial charge in [0.1, 0.15) is 0 Å². The van der Waals surface area contributed by atoms with Crippen LogP contribution in [0.2, 0.25) is 0 Å². The van der Waals surface area contributed by atoms with Crippen LogP contribution in [0.15, 0.2) is 46.8 Å². The summed E-state index contributed by atoms with van der Waals surface area (Å²) >= 11 is 1.83. The monoisotopic (exact) mass is 567 g/mol. The molecule has 2 aromatic rings. The van der Waals surface area contributed by atoms with Crippen LogP contribution in [0.4, 0.5) is 5.00 Å². The van der Waals surface area contributed by atoms with Gasteiger partial charge in [0.2, 0.25) is 0 Å². The van der Waals surface area contributed by atoms with Gasteiger partial charge >= 0.3 is 0 Å². The van der Waals surface area contributed by atoms with Gasteiger partial charge in [0.15, 0.2) is 5.96 Å². The van der Waals surface area contributed by atoms with Crippen LogP contribution < -0.4 is 15.5 Å². The maximum absolute atomic E-state index is 4.50. The second-order valence-corrected chi connectivity index (χ2v) is 9.79. The molecule has 1 atom stereocenters. The van der Waals surface area contributed by atoms with E-state index in [1.54, 1.807) is 0 Å². The summed E-state index contributed by atoms with van der Waals surface area (Å²) in [6.07, 6.45) is 6.30. The van der Waals surface area contributed by atoms with Crippen molar-refractivity contribution in [1.82, 2.24) is 15.5 Å². The number of guanidine groups is 1. The summed E-state index contributed by atoms with van der Waals surface area (Å²) in [5.74, 6) is 0.913. The highest BCUT2D eigenvalue weighted by atomic mass is 127. The Morgan fingerprint density at radius 3 is 2.50 bits per heavy atom. The van der Waals surface area contributed by atoms with Crippen LogP contribution in [0.25, 0.3) is 0 Å². The molecule has 0 saturated carbocycles. The third-order valence-electron chi connectivity index (χ3n) is 6.76. The van der Waals surface area contributed by atoms with E-state index in [2.05, 4.69) is 74.1 Å². The van der Waals surface area contributed by atoms with E-state index in [1.807, 2.05) is 18.4 Å². The van der Waals surface area contributed by atoms with E-state index in [9.17, 15) is 0 Å². The molecule has 0 bridgehead atoms. The maximum Gasteiger partial charge on any atom is 0.191 e. The molecule has 7 heteroatoms. The van der Waals surface area contributed by atoms with E-state index in [-0.39, 0.29) is 24.0 Å². The number of hydrogen-bond donors (Lipinski definition) is 2. The number of nitrogens with zero attached hydrogens (tertiary/aromatic N) is 3. The van der Waals surface area contributed by atoms with Gasteiger partial charge < -0.3 is 15.5 Å². The smallest absolute Gasteiger partial charge is 0.191 e. The third kappa shape index (κ3) is 6.84. The van der Waals surface area contributed by atoms with Crippen LogP contribution in [0.5, 0.6) is 0 Å². The van der Waals surface area contributed by atoms with Gasteiger partial charge in [0.05, 0.1) is 5.00 Å². The van der Waals surface area contributed by atoms with Crippen molar-refractivity contribution < 1.29 is 0 Å². The molecular weight excluding hydrogens is 529 g/mol. The number of benzene rings is 1. The average molecular weight is 568 g/mol. The lowest BCUT2D eigenvalue weighted by Gasteiger charge is -2.34. The van der Waals surface area contributed by atoms with Crippen molar-refractivity contribution in [3.05, 3.63) is 52.9 Å². The van der Waals surface area contributed by atoms with Gasteiger partial charge in [0.25, 0.3) is 0 Å². The fourth-order valence-corrected chi connectivity index (χ4v) is 5.54. The van der Waals surface area contributed by atoms with Gasteiger partial charge in [0, 0.05) is 45.3 Å². The summed E-state index contributed by atoms with van der Waals surface area (Å²) in [5.41, 5.74) is 2.80. The standard InChI is InChI=1S/C25H37N5S.HI/c1-20-8-5-6-14-30(20)19-22-10-4-3-9-21(22)18-27-25(26-2)28-23-12-15-29(16-13-23)24-11-7-17-31-24;/h3-4,7,9-11,17,20,23H,5-6,8,12-16,18-19H2,1-2H3,(H2,26,27,28);1H. The summed E-state index contributed by atoms with van der Waals surface area (Å²) < 4.78 is 0. The molecule has 2 saturated heterocycles. The SMILES string of the molecule is CN=C(NCc1ccccc1CN1CCCCC1C)NC1CCN(c2cccs2)CC1.I. The minimum atomic E-state index is 0. The van der Waals surface area contributed by atoms with Crippen molar-refractivity contribution in [1.29, 1.82) is 0 Å². The summed E-state index contributed by atoms with van der Waals surface area (Å²) in [5, 5.41) is 10.8.